The molecule has 2 amide bonds. The summed E-state index contributed by atoms with van der Waals surface area (Å²) in [6.07, 6.45) is 3.09. The van der Waals surface area contributed by atoms with Crippen LogP contribution in [0.3, 0.4) is 0 Å². The van der Waals surface area contributed by atoms with E-state index in [1.165, 1.54) is 11.0 Å². The zero-order valence-electron chi connectivity index (χ0n) is 10.2. The summed E-state index contributed by atoms with van der Waals surface area (Å²) in [4.78, 5) is 25.2. The third-order valence-corrected chi connectivity index (χ3v) is 3.17. The van der Waals surface area contributed by atoms with Crippen molar-refractivity contribution >= 4 is 23.4 Å². The first-order valence-corrected chi connectivity index (χ1v) is 6.45. The Morgan fingerprint density at radius 3 is 2.26 bits per heavy atom. The van der Waals surface area contributed by atoms with E-state index < -0.39 is 5.29 Å². The first-order valence-electron chi connectivity index (χ1n) is 6.07. The van der Waals surface area contributed by atoms with Crippen LogP contribution in [0.1, 0.15) is 40.0 Å². The van der Waals surface area contributed by atoms with Crippen molar-refractivity contribution in [2.45, 2.75) is 19.3 Å². The predicted molar refractivity (Wildman–Crippen MR) is 70.7 cm³/mol. The van der Waals surface area contributed by atoms with Crippen molar-refractivity contribution in [1.82, 2.24) is 4.90 Å². The summed E-state index contributed by atoms with van der Waals surface area (Å²) >= 11 is 5.07. The number of hydrogen-bond donors (Lipinski definition) is 0. The van der Waals surface area contributed by atoms with Crippen LogP contribution in [-0.4, -0.2) is 23.3 Å². The number of carbonyl (C=O) groups excluding carboxylic acids is 2. The number of rotatable bonds is 5. The predicted octanol–water partition coefficient (Wildman–Crippen LogP) is 3.50. The highest BCUT2D eigenvalue weighted by atomic mass is 35.5. The SMILES string of the molecule is O=C1c2ccccc2C(=O)N1CCCC/C=C(/F)Cl. The molecule has 0 spiro atoms. The van der Waals surface area contributed by atoms with E-state index in [0.717, 1.165) is 0 Å². The number of allylic oxidation sites excluding steroid dienone is 1. The first-order chi connectivity index (χ1) is 9.11. The van der Waals surface area contributed by atoms with Gasteiger partial charge in [0.25, 0.3) is 11.8 Å². The van der Waals surface area contributed by atoms with Gasteiger partial charge in [0.05, 0.1) is 11.1 Å². The van der Waals surface area contributed by atoms with Crippen LogP contribution < -0.4 is 0 Å². The topological polar surface area (TPSA) is 37.4 Å². The summed E-state index contributed by atoms with van der Waals surface area (Å²) in [7, 11) is 0. The minimum absolute atomic E-state index is 0.250. The zero-order chi connectivity index (χ0) is 13.8. The van der Waals surface area contributed by atoms with E-state index in [2.05, 4.69) is 0 Å². The lowest BCUT2D eigenvalue weighted by Crippen LogP contribution is -2.30. The minimum atomic E-state index is -0.722. The van der Waals surface area contributed by atoms with Crippen molar-refractivity contribution in [3.8, 4) is 0 Å². The second-order valence-electron chi connectivity index (χ2n) is 4.30. The summed E-state index contributed by atoms with van der Waals surface area (Å²) < 4.78 is 12.2. The first kappa shape index (κ1) is 13.7. The molecular weight excluding hydrogens is 269 g/mol. The standard InChI is InChI=1S/C14H13ClFNO2/c15-12(16)8-2-1-5-9-17-13(18)10-6-3-4-7-11(10)14(17)19/h3-4,6-8H,1-2,5,9H2/b12-8+. The molecule has 2 rings (SSSR count). The van der Waals surface area contributed by atoms with Crippen LogP contribution >= 0.6 is 11.6 Å². The quantitative estimate of drug-likeness (QED) is 0.612. The maximum absolute atomic E-state index is 12.2. The Bertz CT molecular complexity index is 503. The van der Waals surface area contributed by atoms with Gasteiger partial charge in [-0.2, -0.15) is 4.39 Å². The van der Waals surface area contributed by atoms with E-state index >= 15 is 0 Å². The Balaban J connectivity index is 1.92. The smallest absolute Gasteiger partial charge is 0.261 e. The average molecular weight is 282 g/mol. The lowest BCUT2D eigenvalue weighted by molar-refractivity contribution is 0.0652. The molecule has 0 N–H and O–H groups in total. The number of hydrogen-bond acceptors (Lipinski definition) is 2. The van der Waals surface area contributed by atoms with Crippen LogP contribution in [0.25, 0.3) is 0 Å². The normalized spacial score (nSPS) is 15.1. The second-order valence-corrected chi connectivity index (χ2v) is 4.66. The molecule has 0 atom stereocenters. The van der Waals surface area contributed by atoms with Crippen molar-refractivity contribution in [2.24, 2.45) is 0 Å². The fraction of sp³-hybridized carbons (Fsp3) is 0.286. The molecule has 1 aromatic carbocycles. The summed E-state index contributed by atoms with van der Waals surface area (Å²) in [6, 6.07) is 6.78. The molecule has 0 saturated carbocycles. The molecule has 0 radical (unpaired) electrons. The number of carbonyl (C=O) groups is 2. The van der Waals surface area contributed by atoms with Crippen LogP contribution in [0.2, 0.25) is 0 Å². The molecule has 100 valence electrons. The monoisotopic (exact) mass is 281 g/mol. The van der Waals surface area contributed by atoms with E-state index in [0.29, 0.717) is 36.9 Å². The molecule has 0 aliphatic carbocycles. The Morgan fingerprint density at radius 2 is 1.74 bits per heavy atom. The summed E-state index contributed by atoms with van der Waals surface area (Å²) in [5, 5.41) is -0.722. The Labute approximate surface area is 115 Å². The van der Waals surface area contributed by atoms with E-state index in [9.17, 15) is 14.0 Å². The van der Waals surface area contributed by atoms with E-state index in [4.69, 9.17) is 11.6 Å². The van der Waals surface area contributed by atoms with E-state index in [1.54, 1.807) is 24.3 Å². The fourth-order valence-corrected chi connectivity index (χ4v) is 2.18. The number of nitrogens with zero attached hydrogens (tertiary/aromatic N) is 1. The number of unbranched alkanes of at least 4 members (excludes halogenated alkanes) is 2. The van der Waals surface area contributed by atoms with Gasteiger partial charge in [-0.3, -0.25) is 14.5 Å². The summed E-state index contributed by atoms with van der Waals surface area (Å²) in [5.41, 5.74) is 0.915. The molecular formula is C14H13ClFNO2. The number of amides is 2. The van der Waals surface area contributed by atoms with Gasteiger partial charge >= 0.3 is 0 Å². The van der Waals surface area contributed by atoms with Crippen molar-refractivity contribution < 1.29 is 14.0 Å². The zero-order valence-corrected chi connectivity index (χ0v) is 11.0. The van der Waals surface area contributed by atoms with Gasteiger partial charge in [-0.15, -0.1) is 0 Å². The number of halogens is 2. The van der Waals surface area contributed by atoms with Crippen molar-refractivity contribution in [2.75, 3.05) is 6.54 Å². The highest BCUT2D eigenvalue weighted by molar-refractivity contribution is 6.28. The second kappa shape index (κ2) is 5.97. The number of imide groups is 1. The van der Waals surface area contributed by atoms with Crippen molar-refractivity contribution in [3.05, 3.63) is 46.8 Å². The van der Waals surface area contributed by atoms with E-state index in [1.807, 2.05) is 0 Å². The van der Waals surface area contributed by atoms with E-state index in [-0.39, 0.29) is 11.8 Å². The number of benzene rings is 1. The van der Waals surface area contributed by atoms with Gasteiger partial charge in [-0.1, -0.05) is 23.7 Å². The Kier molecular flexibility index (Phi) is 4.32. The van der Waals surface area contributed by atoms with Gasteiger partial charge in [-0.05, 0) is 37.5 Å². The molecule has 3 nitrogen and oxygen atoms in total. The van der Waals surface area contributed by atoms with Crippen molar-refractivity contribution in [1.29, 1.82) is 0 Å². The molecule has 19 heavy (non-hydrogen) atoms. The van der Waals surface area contributed by atoms with Gasteiger partial charge < -0.3 is 0 Å². The maximum Gasteiger partial charge on any atom is 0.261 e. The largest absolute Gasteiger partial charge is 0.274 e. The molecule has 1 heterocycles. The van der Waals surface area contributed by atoms with Gasteiger partial charge in [0, 0.05) is 6.54 Å². The molecule has 1 aliphatic rings. The van der Waals surface area contributed by atoms with Gasteiger partial charge in [-0.25, -0.2) is 0 Å². The van der Waals surface area contributed by atoms with Crippen molar-refractivity contribution in [3.63, 3.8) is 0 Å². The third kappa shape index (κ3) is 3.01. The third-order valence-electron chi connectivity index (χ3n) is 3.01. The van der Waals surface area contributed by atoms with Gasteiger partial charge in [0.15, 0.2) is 5.29 Å². The molecule has 1 aliphatic heterocycles. The average Bonchev–Trinajstić information content (AvgIpc) is 2.63. The molecule has 0 fully saturated rings. The summed E-state index contributed by atoms with van der Waals surface area (Å²) in [6.45, 7) is 0.351. The van der Waals surface area contributed by atoms with Crippen LogP contribution in [0.15, 0.2) is 35.6 Å². The van der Waals surface area contributed by atoms with Crippen LogP contribution in [-0.2, 0) is 0 Å². The van der Waals surface area contributed by atoms with Crippen LogP contribution in [0.4, 0.5) is 4.39 Å². The molecule has 5 heteroatoms. The Morgan fingerprint density at radius 1 is 1.16 bits per heavy atom. The summed E-state index contributed by atoms with van der Waals surface area (Å²) in [5.74, 6) is -0.501. The number of fused-ring (bicyclic) bond motifs is 1. The van der Waals surface area contributed by atoms with Gasteiger partial charge in [0.1, 0.15) is 0 Å². The lowest BCUT2D eigenvalue weighted by atomic mass is 10.1. The van der Waals surface area contributed by atoms with Crippen LogP contribution in [0.5, 0.6) is 0 Å². The maximum atomic E-state index is 12.2. The lowest BCUT2D eigenvalue weighted by Gasteiger charge is -2.12. The molecule has 0 aromatic heterocycles. The molecule has 1 aromatic rings. The molecule has 0 unspecified atom stereocenters. The van der Waals surface area contributed by atoms with Gasteiger partial charge in [0.2, 0.25) is 0 Å². The minimum Gasteiger partial charge on any atom is -0.274 e. The fourth-order valence-electron chi connectivity index (χ4n) is 2.07. The molecule has 0 saturated heterocycles. The Hall–Kier alpha value is -1.68. The molecule has 0 bridgehead atoms. The van der Waals surface area contributed by atoms with Crippen LogP contribution in [0, 0.1) is 0 Å². The highest BCUT2D eigenvalue weighted by Gasteiger charge is 2.34. The highest BCUT2D eigenvalue weighted by Crippen LogP contribution is 2.22.